The molecule has 0 bridgehead atoms. The molecule has 2 aromatic carbocycles. The van der Waals surface area contributed by atoms with Gasteiger partial charge in [0, 0.05) is 13.0 Å². The van der Waals surface area contributed by atoms with Gasteiger partial charge in [-0.15, -0.1) is 0 Å². The van der Waals surface area contributed by atoms with Crippen molar-refractivity contribution in [1.82, 2.24) is 4.90 Å². The largest absolute Gasteiger partial charge is 0.496 e. The zero-order chi connectivity index (χ0) is 17.7. The smallest absolute Gasteiger partial charge is 0.257 e. The molecule has 1 aliphatic rings. The second-order valence-corrected chi connectivity index (χ2v) is 6.28. The van der Waals surface area contributed by atoms with E-state index in [1.54, 1.807) is 24.1 Å². The highest BCUT2D eigenvalue weighted by atomic mass is 16.5. The van der Waals surface area contributed by atoms with Crippen LogP contribution in [0.4, 0.5) is 0 Å². The number of hydrogen-bond donors (Lipinski definition) is 1. The van der Waals surface area contributed by atoms with Gasteiger partial charge in [-0.3, -0.25) is 4.79 Å². The zero-order valence-electron chi connectivity index (χ0n) is 14.4. The normalized spacial score (nSPS) is 20.3. The Labute approximate surface area is 147 Å². The lowest BCUT2D eigenvalue weighted by molar-refractivity contribution is -0.123. The molecule has 0 aromatic heterocycles. The first-order valence-electron chi connectivity index (χ1n) is 8.38. The third kappa shape index (κ3) is 3.83. The minimum atomic E-state index is -0.780. The van der Waals surface area contributed by atoms with Crippen LogP contribution in [0.25, 0.3) is 0 Å². The first-order chi connectivity index (χ1) is 12.2. The van der Waals surface area contributed by atoms with Crippen molar-refractivity contribution in [2.45, 2.75) is 12.0 Å². The second kappa shape index (κ2) is 7.68. The van der Waals surface area contributed by atoms with Crippen LogP contribution in [0.15, 0.2) is 54.6 Å². The predicted octanol–water partition coefficient (Wildman–Crippen LogP) is 2.14. The van der Waals surface area contributed by atoms with E-state index in [4.69, 9.17) is 9.47 Å². The Kier molecular flexibility index (Phi) is 5.36. The molecule has 1 saturated heterocycles. The number of aliphatic hydroxyl groups excluding tert-OH is 1. The van der Waals surface area contributed by atoms with Crippen LogP contribution >= 0.6 is 0 Å². The summed E-state index contributed by atoms with van der Waals surface area (Å²) in [5, 5.41) is 9.99. The molecule has 132 valence electrons. The maximum absolute atomic E-state index is 12.9. The molecule has 0 unspecified atom stereocenters. The Bertz CT molecular complexity index is 719. The summed E-state index contributed by atoms with van der Waals surface area (Å²) in [6.45, 7) is 1.09. The number of ether oxygens (including phenoxy) is 2. The molecule has 2 aromatic rings. The van der Waals surface area contributed by atoms with Crippen molar-refractivity contribution >= 4 is 5.91 Å². The lowest BCUT2D eigenvalue weighted by atomic mass is 9.93. The average molecular weight is 341 g/mol. The van der Waals surface area contributed by atoms with Crippen molar-refractivity contribution in [3.05, 3.63) is 65.7 Å². The first kappa shape index (κ1) is 17.5. The molecular formula is C20H23NO4. The number of methoxy groups -OCH3 is 1. The van der Waals surface area contributed by atoms with Gasteiger partial charge in [-0.05, 0) is 17.7 Å². The molecular weight excluding hydrogens is 318 g/mol. The van der Waals surface area contributed by atoms with Gasteiger partial charge in [0.15, 0.2) is 0 Å². The highest BCUT2D eigenvalue weighted by molar-refractivity contribution is 5.97. The number of amides is 1. The Morgan fingerprint density at radius 1 is 1.20 bits per heavy atom. The summed E-state index contributed by atoms with van der Waals surface area (Å²) in [5.74, 6) is 0.447. The molecule has 1 N–H and O–H groups in total. The minimum absolute atomic E-state index is 0.105. The van der Waals surface area contributed by atoms with Crippen molar-refractivity contribution in [1.29, 1.82) is 0 Å². The van der Waals surface area contributed by atoms with E-state index in [1.165, 1.54) is 0 Å². The van der Waals surface area contributed by atoms with Crippen LogP contribution in [-0.4, -0.2) is 54.9 Å². The van der Waals surface area contributed by atoms with Crippen molar-refractivity contribution in [3.8, 4) is 5.75 Å². The van der Waals surface area contributed by atoms with Crippen molar-refractivity contribution in [2.75, 3.05) is 33.4 Å². The van der Waals surface area contributed by atoms with Crippen LogP contribution in [0, 0.1) is 0 Å². The van der Waals surface area contributed by atoms with Gasteiger partial charge in [-0.1, -0.05) is 42.5 Å². The van der Waals surface area contributed by atoms with E-state index in [1.807, 2.05) is 42.5 Å². The maximum atomic E-state index is 12.9. The number of morpholine rings is 1. The molecule has 25 heavy (non-hydrogen) atoms. The fraction of sp³-hybridized carbons (Fsp3) is 0.350. The molecule has 1 heterocycles. The Hall–Kier alpha value is -2.37. The third-order valence-corrected chi connectivity index (χ3v) is 4.53. The SMILES string of the molecule is COc1ccccc1C(=O)N1CCO[C@](CO)(Cc2ccccc2)C1. The number of para-hydroxylation sites is 1. The summed E-state index contributed by atoms with van der Waals surface area (Å²) in [7, 11) is 1.55. The number of rotatable bonds is 5. The van der Waals surface area contributed by atoms with E-state index in [0.717, 1.165) is 5.56 Å². The van der Waals surface area contributed by atoms with Gasteiger partial charge in [0.25, 0.3) is 5.91 Å². The topological polar surface area (TPSA) is 59.0 Å². The molecule has 0 spiro atoms. The fourth-order valence-electron chi connectivity index (χ4n) is 3.24. The van der Waals surface area contributed by atoms with Crippen LogP contribution in [-0.2, 0) is 11.2 Å². The van der Waals surface area contributed by atoms with Gasteiger partial charge in [0.05, 0.1) is 32.4 Å². The van der Waals surface area contributed by atoms with Gasteiger partial charge in [-0.25, -0.2) is 0 Å². The maximum Gasteiger partial charge on any atom is 0.257 e. The number of carbonyl (C=O) groups is 1. The molecule has 3 rings (SSSR count). The fourth-order valence-corrected chi connectivity index (χ4v) is 3.24. The van der Waals surface area contributed by atoms with E-state index in [2.05, 4.69) is 0 Å². The average Bonchev–Trinajstić information content (AvgIpc) is 2.68. The van der Waals surface area contributed by atoms with E-state index < -0.39 is 5.60 Å². The van der Waals surface area contributed by atoms with Crippen LogP contribution in [0.2, 0.25) is 0 Å². The molecule has 1 amide bonds. The summed E-state index contributed by atoms with van der Waals surface area (Å²) in [5.41, 5.74) is 0.818. The van der Waals surface area contributed by atoms with Crippen LogP contribution in [0.1, 0.15) is 15.9 Å². The van der Waals surface area contributed by atoms with Crippen molar-refractivity contribution in [2.24, 2.45) is 0 Å². The van der Waals surface area contributed by atoms with Gasteiger partial charge < -0.3 is 19.5 Å². The van der Waals surface area contributed by atoms with Gasteiger partial charge in [-0.2, -0.15) is 0 Å². The number of carbonyl (C=O) groups excluding carboxylic acids is 1. The lowest BCUT2D eigenvalue weighted by Crippen LogP contribution is -2.56. The highest BCUT2D eigenvalue weighted by Crippen LogP contribution is 2.26. The predicted molar refractivity (Wildman–Crippen MR) is 94.8 cm³/mol. The minimum Gasteiger partial charge on any atom is -0.496 e. The van der Waals surface area contributed by atoms with Crippen LogP contribution in [0.3, 0.4) is 0 Å². The van der Waals surface area contributed by atoms with Crippen LogP contribution < -0.4 is 4.74 Å². The Balaban J connectivity index is 1.80. The molecule has 1 fully saturated rings. The molecule has 5 nitrogen and oxygen atoms in total. The quantitative estimate of drug-likeness (QED) is 0.905. The zero-order valence-corrected chi connectivity index (χ0v) is 14.4. The standard InChI is InChI=1S/C20H23NO4/c1-24-18-10-6-5-9-17(18)19(23)21-11-12-25-20(14-21,15-22)13-16-7-3-2-4-8-16/h2-10,22H,11-15H2,1H3/t20-/m1/s1. The Morgan fingerprint density at radius 3 is 2.64 bits per heavy atom. The summed E-state index contributed by atoms with van der Waals surface area (Å²) >= 11 is 0. The molecule has 0 saturated carbocycles. The van der Waals surface area contributed by atoms with Gasteiger partial charge >= 0.3 is 0 Å². The summed E-state index contributed by atoms with van der Waals surface area (Å²) in [6.07, 6.45) is 0.556. The van der Waals surface area contributed by atoms with Crippen molar-refractivity contribution in [3.63, 3.8) is 0 Å². The van der Waals surface area contributed by atoms with Gasteiger partial charge in [0.2, 0.25) is 0 Å². The van der Waals surface area contributed by atoms with Gasteiger partial charge in [0.1, 0.15) is 11.4 Å². The summed E-state index contributed by atoms with van der Waals surface area (Å²) in [6, 6.07) is 17.1. The summed E-state index contributed by atoms with van der Waals surface area (Å²) < 4.78 is 11.2. The van der Waals surface area contributed by atoms with E-state index in [-0.39, 0.29) is 12.5 Å². The second-order valence-electron chi connectivity index (χ2n) is 6.28. The third-order valence-electron chi connectivity index (χ3n) is 4.53. The van der Waals surface area contributed by atoms with E-state index in [0.29, 0.717) is 37.4 Å². The van der Waals surface area contributed by atoms with E-state index >= 15 is 0 Å². The van der Waals surface area contributed by atoms with E-state index in [9.17, 15) is 9.90 Å². The lowest BCUT2D eigenvalue weighted by Gasteiger charge is -2.42. The number of aliphatic hydroxyl groups is 1. The monoisotopic (exact) mass is 341 g/mol. The van der Waals surface area contributed by atoms with Crippen molar-refractivity contribution < 1.29 is 19.4 Å². The molecule has 0 aliphatic carbocycles. The molecule has 1 aliphatic heterocycles. The first-order valence-corrected chi connectivity index (χ1v) is 8.38. The number of hydrogen-bond acceptors (Lipinski definition) is 4. The number of nitrogens with zero attached hydrogens (tertiary/aromatic N) is 1. The molecule has 5 heteroatoms. The highest BCUT2D eigenvalue weighted by Gasteiger charge is 2.38. The Morgan fingerprint density at radius 2 is 1.92 bits per heavy atom. The van der Waals surface area contributed by atoms with Crippen LogP contribution in [0.5, 0.6) is 5.75 Å². The summed E-state index contributed by atoms with van der Waals surface area (Å²) in [4.78, 5) is 14.7. The number of benzene rings is 2. The molecule has 1 atom stereocenters. The molecule has 0 radical (unpaired) electrons.